The number of hydrogen-bond donors (Lipinski definition) is 1. The van der Waals surface area contributed by atoms with E-state index in [2.05, 4.69) is 33.2 Å². The summed E-state index contributed by atoms with van der Waals surface area (Å²) in [6, 6.07) is 5.13. The lowest BCUT2D eigenvalue weighted by molar-refractivity contribution is -0.0182. The molecule has 0 aromatic heterocycles. The second-order valence-electron chi connectivity index (χ2n) is 4.62. The van der Waals surface area contributed by atoms with Crippen LogP contribution in [0.25, 0.3) is 0 Å². The van der Waals surface area contributed by atoms with E-state index < -0.39 is 0 Å². The molecular weight excluding hydrogens is 299 g/mol. The fourth-order valence-electron chi connectivity index (χ4n) is 2.02. The molecule has 3 nitrogen and oxygen atoms in total. The summed E-state index contributed by atoms with van der Waals surface area (Å²) in [6.45, 7) is 3.96. The molecule has 1 atom stereocenters. The first-order chi connectivity index (χ1) is 8.65. The third-order valence-corrected chi connectivity index (χ3v) is 3.54. The highest BCUT2D eigenvalue weighted by Crippen LogP contribution is 2.15. The standard InChI is InChI=1S/C13H18BrFN2O/c1-17-4-5-18-12(9-17)8-16-7-10-2-3-11(14)6-13(10)15/h2-3,6,12,16H,4-5,7-9H2,1H3/t12-/m0/s1. The molecule has 1 saturated heterocycles. The summed E-state index contributed by atoms with van der Waals surface area (Å²) in [5.41, 5.74) is 0.683. The minimum absolute atomic E-state index is 0.182. The highest BCUT2D eigenvalue weighted by molar-refractivity contribution is 9.10. The topological polar surface area (TPSA) is 24.5 Å². The van der Waals surface area contributed by atoms with Crippen LogP contribution >= 0.6 is 15.9 Å². The van der Waals surface area contributed by atoms with Crippen LogP contribution in [0, 0.1) is 5.82 Å². The van der Waals surface area contributed by atoms with Gasteiger partial charge in [-0.15, -0.1) is 0 Å². The van der Waals surface area contributed by atoms with E-state index in [0.29, 0.717) is 12.1 Å². The Balaban J connectivity index is 1.77. The van der Waals surface area contributed by atoms with Gasteiger partial charge >= 0.3 is 0 Å². The van der Waals surface area contributed by atoms with Gasteiger partial charge in [0.25, 0.3) is 0 Å². The van der Waals surface area contributed by atoms with Crippen molar-refractivity contribution in [1.82, 2.24) is 10.2 Å². The van der Waals surface area contributed by atoms with E-state index in [9.17, 15) is 4.39 Å². The maximum absolute atomic E-state index is 13.6. The minimum atomic E-state index is -0.182. The molecule has 1 heterocycles. The van der Waals surface area contributed by atoms with E-state index in [4.69, 9.17) is 4.74 Å². The molecule has 1 aliphatic rings. The zero-order chi connectivity index (χ0) is 13.0. The molecule has 1 aromatic rings. The van der Waals surface area contributed by atoms with Crippen molar-refractivity contribution in [2.45, 2.75) is 12.6 Å². The van der Waals surface area contributed by atoms with E-state index in [1.54, 1.807) is 6.07 Å². The summed E-state index contributed by atoms with van der Waals surface area (Å²) in [5, 5.41) is 3.25. The Morgan fingerprint density at radius 2 is 2.39 bits per heavy atom. The van der Waals surface area contributed by atoms with Gasteiger partial charge in [0.05, 0.1) is 12.7 Å². The zero-order valence-electron chi connectivity index (χ0n) is 10.5. The summed E-state index contributed by atoms with van der Waals surface area (Å²) in [7, 11) is 2.09. The summed E-state index contributed by atoms with van der Waals surface area (Å²) in [6.07, 6.45) is 0.197. The number of benzene rings is 1. The summed E-state index contributed by atoms with van der Waals surface area (Å²) < 4.78 is 20.0. The Hall–Kier alpha value is -0.490. The predicted molar refractivity (Wildman–Crippen MR) is 73.0 cm³/mol. The number of likely N-dealkylation sites (N-methyl/N-ethyl adjacent to an activating group) is 1. The number of hydrogen-bond acceptors (Lipinski definition) is 3. The molecule has 100 valence electrons. The normalized spacial score (nSPS) is 21.2. The third kappa shape index (κ3) is 4.02. The van der Waals surface area contributed by atoms with Crippen LogP contribution < -0.4 is 5.32 Å². The van der Waals surface area contributed by atoms with E-state index in [-0.39, 0.29) is 11.9 Å². The lowest BCUT2D eigenvalue weighted by Crippen LogP contribution is -2.44. The second kappa shape index (κ2) is 6.61. The van der Waals surface area contributed by atoms with Gasteiger partial charge in [-0.1, -0.05) is 22.0 Å². The highest BCUT2D eigenvalue weighted by Gasteiger charge is 2.17. The number of morpholine rings is 1. The van der Waals surface area contributed by atoms with E-state index in [0.717, 1.165) is 30.7 Å². The van der Waals surface area contributed by atoms with Gasteiger partial charge in [-0.2, -0.15) is 0 Å². The SMILES string of the molecule is CN1CCO[C@@H](CNCc2ccc(Br)cc2F)C1. The van der Waals surface area contributed by atoms with Gasteiger partial charge in [0.15, 0.2) is 0 Å². The summed E-state index contributed by atoms with van der Waals surface area (Å²) in [4.78, 5) is 2.25. The molecule has 1 N–H and O–H groups in total. The van der Waals surface area contributed by atoms with Gasteiger partial charge in [-0.25, -0.2) is 4.39 Å². The molecule has 0 unspecified atom stereocenters. The molecule has 18 heavy (non-hydrogen) atoms. The van der Waals surface area contributed by atoms with Crippen molar-refractivity contribution in [3.63, 3.8) is 0 Å². The summed E-state index contributed by atoms with van der Waals surface area (Å²) >= 11 is 3.25. The number of rotatable bonds is 4. The smallest absolute Gasteiger partial charge is 0.128 e. The van der Waals surface area contributed by atoms with Gasteiger partial charge in [-0.3, -0.25) is 0 Å². The molecule has 0 radical (unpaired) electrons. The predicted octanol–water partition coefficient (Wildman–Crippen LogP) is 2.01. The van der Waals surface area contributed by atoms with Crippen molar-refractivity contribution < 1.29 is 9.13 Å². The van der Waals surface area contributed by atoms with Gasteiger partial charge < -0.3 is 15.0 Å². The van der Waals surface area contributed by atoms with Gasteiger partial charge in [0, 0.05) is 36.2 Å². The first kappa shape index (κ1) is 13.9. The Labute approximate surface area is 115 Å². The van der Waals surface area contributed by atoms with E-state index in [1.165, 1.54) is 6.07 Å². The first-order valence-electron chi connectivity index (χ1n) is 6.10. The quantitative estimate of drug-likeness (QED) is 0.919. The Kier molecular flexibility index (Phi) is 5.12. The second-order valence-corrected chi connectivity index (χ2v) is 5.54. The zero-order valence-corrected chi connectivity index (χ0v) is 12.0. The van der Waals surface area contributed by atoms with Crippen LogP contribution in [0.2, 0.25) is 0 Å². The number of nitrogens with zero attached hydrogens (tertiary/aromatic N) is 1. The average molecular weight is 317 g/mol. The Morgan fingerprint density at radius 1 is 1.56 bits per heavy atom. The number of halogens is 2. The third-order valence-electron chi connectivity index (χ3n) is 3.04. The molecule has 0 aliphatic carbocycles. The monoisotopic (exact) mass is 316 g/mol. The molecule has 1 fully saturated rings. The molecule has 5 heteroatoms. The van der Waals surface area contributed by atoms with Gasteiger partial charge in [0.2, 0.25) is 0 Å². The number of nitrogens with one attached hydrogen (secondary N) is 1. The van der Waals surface area contributed by atoms with Crippen LogP contribution in [0.5, 0.6) is 0 Å². The van der Waals surface area contributed by atoms with Crippen LogP contribution in [0.3, 0.4) is 0 Å². The maximum atomic E-state index is 13.6. The van der Waals surface area contributed by atoms with Crippen molar-refractivity contribution in [3.8, 4) is 0 Å². The van der Waals surface area contributed by atoms with Crippen molar-refractivity contribution in [1.29, 1.82) is 0 Å². The van der Waals surface area contributed by atoms with Gasteiger partial charge in [0.1, 0.15) is 5.82 Å². The van der Waals surface area contributed by atoms with E-state index in [1.807, 2.05) is 6.07 Å². The fourth-order valence-corrected chi connectivity index (χ4v) is 2.36. The molecule has 1 aliphatic heterocycles. The average Bonchev–Trinajstić information content (AvgIpc) is 2.32. The molecule has 1 aromatic carbocycles. The van der Waals surface area contributed by atoms with Crippen molar-refractivity contribution >= 4 is 15.9 Å². The lowest BCUT2D eigenvalue weighted by atomic mass is 10.2. The number of ether oxygens (including phenoxy) is 1. The Morgan fingerprint density at radius 3 is 3.11 bits per heavy atom. The Bertz CT molecular complexity index is 403. The van der Waals surface area contributed by atoms with Crippen LogP contribution in [-0.2, 0) is 11.3 Å². The van der Waals surface area contributed by atoms with E-state index >= 15 is 0 Å². The molecular formula is C13H18BrFN2O. The largest absolute Gasteiger partial charge is 0.374 e. The van der Waals surface area contributed by atoms with Gasteiger partial charge in [-0.05, 0) is 19.2 Å². The van der Waals surface area contributed by atoms with Crippen LogP contribution in [0.15, 0.2) is 22.7 Å². The molecule has 2 rings (SSSR count). The minimum Gasteiger partial charge on any atom is -0.374 e. The van der Waals surface area contributed by atoms with Crippen molar-refractivity contribution in [3.05, 3.63) is 34.1 Å². The molecule has 0 amide bonds. The lowest BCUT2D eigenvalue weighted by Gasteiger charge is -2.30. The first-order valence-corrected chi connectivity index (χ1v) is 6.89. The molecule has 0 bridgehead atoms. The van der Waals surface area contributed by atoms with Crippen molar-refractivity contribution in [2.24, 2.45) is 0 Å². The summed E-state index contributed by atoms with van der Waals surface area (Å²) in [5.74, 6) is -0.182. The fraction of sp³-hybridized carbons (Fsp3) is 0.538. The maximum Gasteiger partial charge on any atom is 0.128 e. The molecule has 0 spiro atoms. The highest BCUT2D eigenvalue weighted by atomic mass is 79.9. The van der Waals surface area contributed by atoms with Crippen LogP contribution in [0.4, 0.5) is 4.39 Å². The van der Waals surface area contributed by atoms with Crippen molar-refractivity contribution in [2.75, 3.05) is 33.3 Å². The van der Waals surface area contributed by atoms with Crippen LogP contribution in [0.1, 0.15) is 5.56 Å². The molecule has 0 saturated carbocycles. The van der Waals surface area contributed by atoms with Crippen LogP contribution in [-0.4, -0.2) is 44.3 Å².